The Morgan fingerprint density at radius 1 is 1.39 bits per heavy atom. The zero-order valence-electron chi connectivity index (χ0n) is 11.2. The molecule has 1 saturated heterocycles. The van der Waals surface area contributed by atoms with Crippen LogP contribution in [0.2, 0.25) is 5.02 Å². The summed E-state index contributed by atoms with van der Waals surface area (Å²) < 4.78 is 0. The van der Waals surface area contributed by atoms with Crippen molar-refractivity contribution in [1.82, 2.24) is 4.98 Å². The molecule has 100 valence electrons. The number of aromatic nitrogens is 1. The zero-order chi connectivity index (χ0) is 13.2. The third-order valence-electron chi connectivity index (χ3n) is 3.80. The van der Waals surface area contributed by atoms with Crippen LogP contribution in [-0.4, -0.2) is 18.1 Å². The van der Waals surface area contributed by atoms with Gasteiger partial charge in [-0.15, -0.1) is 0 Å². The maximum atomic E-state index is 6.05. The van der Waals surface area contributed by atoms with E-state index in [1.54, 1.807) is 6.20 Å². The first-order chi connectivity index (χ1) is 8.52. The number of nitrogens with two attached hydrogens (primary N) is 1. The van der Waals surface area contributed by atoms with Gasteiger partial charge in [0.15, 0.2) is 0 Å². The molecular formula is C14H22ClN3. The fraction of sp³-hybridized carbons (Fsp3) is 0.643. The summed E-state index contributed by atoms with van der Waals surface area (Å²) in [6.45, 7) is 7.29. The van der Waals surface area contributed by atoms with E-state index in [1.165, 1.54) is 19.3 Å². The van der Waals surface area contributed by atoms with E-state index < -0.39 is 0 Å². The van der Waals surface area contributed by atoms with Crippen LogP contribution in [-0.2, 0) is 6.54 Å². The Kier molecular flexibility index (Phi) is 4.13. The van der Waals surface area contributed by atoms with E-state index >= 15 is 0 Å². The van der Waals surface area contributed by atoms with Gasteiger partial charge in [0.2, 0.25) is 0 Å². The predicted molar refractivity (Wildman–Crippen MR) is 77.0 cm³/mol. The van der Waals surface area contributed by atoms with Crippen LogP contribution < -0.4 is 10.6 Å². The molecule has 1 aliphatic heterocycles. The lowest BCUT2D eigenvalue weighted by Crippen LogP contribution is -2.26. The summed E-state index contributed by atoms with van der Waals surface area (Å²) in [7, 11) is 0. The van der Waals surface area contributed by atoms with Gasteiger partial charge in [0, 0.05) is 25.8 Å². The Morgan fingerprint density at radius 2 is 2.17 bits per heavy atom. The van der Waals surface area contributed by atoms with E-state index in [0.717, 1.165) is 24.5 Å². The van der Waals surface area contributed by atoms with Gasteiger partial charge in [-0.2, -0.15) is 0 Å². The molecule has 0 saturated carbocycles. The molecule has 18 heavy (non-hydrogen) atoms. The fourth-order valence-electron chi connectivity index (χ4n) is 2.45. The molecule has 2 N–H and O–H groups in total. The van der Waals surface area contributed by atoms with Gasteiger partial charge >= 0.3 is 0 Å². The van der Waals surface area contributed by atoms with Crippen molar-refractivity contribution in [3.63, 3.8) is 0 Å². The van der Waals surface area contributed by atoms with Crippen LogP contribution in [0.4, 0.5) is 5.82 Å². The molecule has 0 aliphatic carbocycles. The van der Waals surface area contributed by atoms with Gasteiger partial charge < -0.3 is 10.6 Å². The minimum absolute atomic E-state index is 0.442. The highest BCUT2D eigenvalue weighted by Crippen LogP contribution is 2.31. The van der Waals surface area contributed by atoms with Gasteiger partial charge in [0.05, 0.1) is 5.02 Å². The Bertz CT molecular complexity index is 418. The van der Waals surface area contributed by atoms with Crippen LogP contribution in [0.1, 0.15) is 38.7 Å². The average molecular weight is 268 g/mol. The highest BCUT2D eigenvalue weighted by Gasteiger charge is 2.23. The number of pyridine rings is 1. The van der Waals surface area contributed by atoms with Crippen LogP contribution in [0.15, 0.2) is 12.3 Å². The summed E-state index contributed by atoms with van der Waals surface area (Å²) in [5, 5.41) is 0.663. The Morgan fingerprint density at radius 3 is 2.89 bits per heavy atom. The third kappa shape index (κ3) is 3.15. The second-order valence-electron chi connectivity index (χ2n) is 5.84. The fourth-order valence-corrected chi connectivity index (χ4v) is 2.63. The molecule has 0 amide bonds. The molecule has 0 spiro atoms. The lowest BCUT2D eigenvalue weighted by Gasteiger charge is -2.24. The molecule has 1 aromatic heterocycles. The maximum Gasteiger partial charge on any atom is 0.128 e. The Labute approximate surface area is 114 Å². The molecule has 0 unspecified atom stereocenters. The molecular weight excluding hydrogens is 246 g/mol. The second-order valence-corrected chi connectivity index (χ2v) is 6.25. The van der Waals surface area contributed by atoms with Crippen LogP contribution in [0.25, 0.3) is 0 Å². The molecule has 0 radical (unpaired) electrons. The van der Waals surface area contributed by atoms with E-state index in [4.69, 9.17) is 17.3 Å². The molecule has 0 atom stereocenters. The lowest BCUT2D eigenvalue weighted by atomic mass is 9.85. The van der Waals surface area contributed by atoms with Gasteiger partial charge in [-0.05, 0) is 36.3 Å². The largest absolute Gasteiger partial charge is 0.357 e. The summed E-state index contributed by atoms with van der Waals surface area (Å²) in [6, 6.07) is 2.03. The number of halogens is 1. The molecule has 0 bridgehead atoms. The number of rotatable bonds is 2. The van der Waals surface area contributed by atoms with Crippen molar-refractivity contribution in [3.8, 4) is 0 Å². The Balaban J connectivity index is 2.16. The first kappa shape index (κ1) is 13.6. The number of hydrogen-bond acceptors (Lipinski definition) is 3. The van der Waals surface area contributed by atoms with Crippen molar-refractivity contribution in [2.75, 3.05) is 18.0 Å². The van der Waals surface area contributed by atoms with E-state index in [0.29, 0.717) is 17.0 Å². The molecule has 1 fully saturated rings. The van der Waals surface area contributed by atoms with Crippen molar-refractivity contribution in [2.45, 2.75) is 39.7 Å². The predicted octanol–water partition coefficient (Wildman–Crippen LogP) is 3.21. The monoisotopic (exact) mass is 267 g/mol. The Hall–Kier alpha value is -0.800. The number of nitrogens with zero attached hydrogens (tertiary/aromatic N) is 2. The van der Waals surface area contributed by atoms with Crippen molar-refractivity contribution in [3.05, 3.63) is 22.8 Å². The molecule has 2 heterocycles. The van der Waals surface area contributed by atoms with Crippen LogP contribution in [0, 0.1) is 5.41 Å². The summed E-state index contributed by atoms with van der Waals surface area (Å²) in [5.41, 5.74) is 7.11. The quantitative estimate of drug-likeness (QED) is 0.895. The van der Waals surface area contributed by atoms with Crippen LogP contribution >= 0.6 is 11.6 Å². The van der Waals surface area contributed by atoms with E-state index in [2.05, 4.69) is 23.7 Å². The zero-order valence-corrected chi connectivity index (χ0v) is 12.0. The molecule has 3 nitrogen and oxygen atoms in total. The second kappa shape index (κ2) is 5.45. The molecule has 0 aromatic carbocycles. The first-order valence-electron chi connectivity index (χ1n) is 6.61. The van der Waals surface area contributed by atoms with E-state index in [-0.39, 0.29) is 0 Å². The maximum absolute atomic E-state index is 6.05. The van der Waals surface area contributed by atoms with E-state index in [1.807, 2.05) is 6.07 Å². The highest BCUT2D eigenvalue weighted by molar-refractivity contribution is 6.31. The normalized spacial score (nSPS) is 19.7. The van der Waals surface area contributed by atoms with Crippen LogP contribution in [0.3, 0.4) is 0 Å². The van der Waals surface area contributed by atoms with Crippen molar-refractivity contribution in [1.29, 1.82) is 0 Å². The van der Waals surface area contributed by atoms with Crippen LogP contribution in [0.5, 0.6) is 0 Å². The minimum atomic E-state index is 0.442. The summed E-state index contributed by atoms with van der Waals surface area (Å²) in [5.74, 6) is 1.01. The number of anilines is 1. The molecule has 2 rings (SSSR count). The van der Waals surface area contributed by atoms with Gasteiger partial charge in [-0.25, -0.2) is 4.98 Å². The van der Waals surface area contributed by atoms with E-state index in [9.17, 15) is 0 Å². The SMILES string of the molecule is CC1(C)CCCN(c2cc(CN)c(Cl)cn2)CC1. The minimum Gasteiger partial charge on any atom is -0.357 e. The van der Waals surface area contributed by atoms with Crippen molar-refractivity contribution >= 4 is 17.4 Å². The molecule has 1 aliphatic rings. The summed E-state index contributed by atoms with van der Waals surface area (Å²) in [4.78, 5) is 6.79. The highest BCUT2D eigenvalue weighted by atomic mass is 35.5. The topological polar surface area (TPSA) is 42.1 Å². The molecule has 1 aromatic rings. The molecule has 4 heteroatoms. The third-order valence-corrected chi connectivity index (χ3v) is 4.14. The summed E-state index contributed by atoms with van der Waals surface area (Å²) >= 11 is 6.05. The van der Waals surface area contributed by atoms with Crippen molar-refractivity contribution in [2.24, 2.45) is 11.1 Å². The average Bonchev–Trinajstić information content (AvgIpc) is 2.51. The standard InChI is InChI=1S/C14H22ClN3/c1-14(2)4-3-6-18(7-5-14)13-8-11(9-16)12(15)10-17-13/h8,10H,3-7,9,16H2,1-2H3. The number of hydrogen-bond donors (Lipinski definition) is 1. The van der Waals surface area contributed by atoms with Gasteiger partial charge in [-0.1, -0.05) is 25.4 Å². The van der Waals surface area contributed by atoms with Crippen molar-refractivity contribution < 1.29 is 0 Å². The smallest absolute Gasteiger partial charge is 0.128 e. The first-order valence-corrected chi connectivity index (χ1v) is 6.99. The van der Waals surface area contributed by atoms with Gasteiger partial charge in [0.1, 0.15) is 5.82 Å². The summed E-state index contributed by atoms with van der Waals surface area (Å²) in [6.07, 6.45) is 5.42. The van der Waals surface area contributed by atoms with Gasteiger partial charge in [-0.3, -0.25) is 0 Å². The lowest BCUT2D eigenvalue weighted by molar-refractivity contribution is 0.325. The van der Waals surface area contributed by atoms with Gasteiger partial charge in [0.25, 0.3) is 0 Å².